The van der Waals surface area contributed by atoms with Gasteiger partial charge in [-0.3, -0.25) is 0 Å². The number of hydrogen-bond acceptors (Lipinski definition) is 6. The third-order valence-electron chi connectivity index (χ3n) is 4.60. The summed E-state index contributed by atoms with van der Waals surface area (Å²) >= 11 is 0. The Morgan fingerprint density at radius 1 is 1.26 bits per heavy atom. The summed E-state index contributed by atoms with van der Waals surface area (Å²) in [5.74, 6) is 1.17. The SMILES string of the molecule is CN(Cc1cnn(-c2ccc(F)cc2)c1)c1nccc(N2CC[C@@H](O)C2)n1. The van der Waals surface area contributed by atoms with Crippen molar-refractivity contribution < 1.29 is 9.50 Å². The van der Waals surface area contributed by atoms with E-state index in [9.17, 15) is 9.50 Å². The molecule has 7 nitrogen and oxygen atoms in total. The molecule has 0 saturated carbocycles. The molecule has 1 saturated heterocycles. The number of aliphatic hydroxyl groups is 1. The van der Waals surface area contributed by atoms with Crippen LogP contribution >= 0.6 is 0 Å². The first-order valence-corrected chi connectivity index (χ1v) is 8.85. The number of hydrogen-bond donors (Lipinski definition) is 1. The monoisotopic (exact) mass is 368 g/mol. The minimum absolute atomic E-state index is 0.270. The molecule has 1 N–H and O–H groups in total. The standard InChI is InChI=1S/C19H21FN6O/c1-24(19-21-8-6-18(23-19)25-9-7-17(27)13-25)11-14-10-22-26(12-14)16-4-2-15(20)3-5-16/h2-6,8,10,12,17,27H,7,9,11,13H2,1H3/t17-/m1/s1. The molecule has 1 atom stereocenters. The molecule has 0 radical (unpaired) electrons. The zero-order valence-electron chi connectivity index (χ0n) is 15.0. The van der Waals surface area contributed by atoms with E-state index < -0.39 is 0 Å². The quantitative estimate of drug-likeness (QED) is 0.743. The highest BCUT2D eigenvalue weighted by atomic mass is 19.1. The maximum Gasteiger partial charge on any atom is 0.227 e. The normalized spacial score (nSPS) is 16.7. The Hall–Kier alpha value is -3.00. The Balaban J connectivity index is 1.46. The molecule has 1 aromatic carbocycles. The van der Waals surface area contributed by atoms with Gasteiger partial charge in [0.25, 0.3) is 0 Å². The molecule has 2 aromatic heterocycles. The minimum Gasteiger partial charge on any atom is -0.391 e. The Kier molecular flexibility index (Phi) is 4.72. The van der Waals surface area contributed by atoms with Crippen molar-refractivity contribution in [3.8, 4) is 5.69 Å². The van der Waals surface area contributed by atoms with Gasteiger partial charge in [0.15, 0.2) is 0 Å². The molecule has 0 spiro atoms. The Bertz CT molecular complexity index is 913. The van der Waals surface area contributed by atoms with E-state index in [0.717, 1.165) is 30.0 Å². The molecule has 3 heterocycles. The van der Waals surface area contributed by atoms with Crippen LogP contribution in [0.2, 0.25) is 0 Å². The van der Waals surface area contributed by atoms with Crippen molar-refractivity contribution in [2.24, 2.45) is 0 Å². The molecule has 1 aliphatic rings. The van der Waals surface area contributed by atoms with Crippen molar-refractivity contribution in [1.29, 1.82) is 0 Å². The average Bonchev–Trinajstić information content (AvgIpc) is 3.32. The van der Waals surface area contributed by atoms with Crippen LogP contribution in [0.1, 0.15) is 12.0 Å². The van der Waals surface area contributed by atoms with Gasteiger partial charge in [0.1, 0.15) is 11.6 Å². The van der Waals surface area contributed by atoms with E-state index in [1.165, 1.54) is 12.1 Å². The number of aromatic nitrogens is 4. The van der Waals surface area contributed by atoms with Crippen LogP contribution in [0.4, 0.5) is 16.2 Å². The number of anilines is 2. The van der Waals surface area contributed by atoms with Gasteiger partial charge in [-0.2, -0.15) is 10.1 Å². The molecule has 0 bridgehead atoms. The summed E-state index contributed by atoms with van der Waals surface area (Å²) in [7, 11) is 1.92. The highest BCUT2D eigenvalue weighted by molar-refractivity contribution is 5.44. The second kappa shape index (κ2) is 7.32. The number of nitrogens with zero attached hydrogens (tertiary/aromatic N) is 6. The minimum atomic E-state index is -0.293. The predicted molar refractivity (Wildman–Crippen MR) is 100 cm³/mol. The lowest BCUT2D eigenvalue weighted by Gasteiger charge is -2.20. The van der Waals surface area contributed by atoms with Gasteiger partial charge < -0.3 is 14.9 Å². The number of halogens is 1. The third-order valence-corrected chi connectivity index (χ3v) is 4.60. The Labute approximate surface area is 156 Å². The fraction of sp³-hybridized carbons (Fsp3) is 0.316. The average molecular weight is 368 g/mol. The van der Waals surface area contributed by atoms with Gasteiger partial charge in [-0.25, -0.2) is 14.1 Å². The molecule has 0 amide bonds. The lowest BCUT2D eigenvalue weighted by Crippen LogP contribution is -2.24. The predicted octanol–water partition coefficient (Wildman–Crippen LogP) is 2.01. The molecule has 1 aliphatic heterocycles. The maximum atomic E-state index is 13.1. The van der Waals surface area contributed by atoms with Gasteiger partial charge in [-0.1, -0.05) is 0 Å². The highest BCUT2D eigenvalue weighted by Gasteiger charge is 2.22. The number of β-amino-alcohol motifs (C(OH)–C–C–N with tert-alkyl or cyclic N) is 1. The van der Waals surface area contributed by atoms with Crippen LogP contribution in [0.5, 0.6) is 0 Å². The van der Waals surface area contributed by atoms with Crippen molar-refractivity contribution in [2.75, 3.05) is 29.9 Å². The van der Waals surface area contributed by atoms with Crippen LogP contribution in [0.3, 0.4) is 0 Å². The molecule has 0 unspecified atom stereocenters. The van der Waals surface area contributed by atoms with Gasteiger partial charge in [0.05, 0.1) is 18.0 Å². The van der Waals surface area contributed by atoms with Gasteiger partial charge in [0, 0.05) is 44.6 Å². The first-order valence-electron chi connectivity index (χ1n) is 8.85. The van der Waals surface area contributed by atoms with Crippen molar-refractivity contribution in [2.45, 2.75) is 19.1 Å². The molecule has 4 rings (SSSR count). The van der Waals surface area contributed by atoms with Crippen molar-refractivity contribution in [3.63, 3.8) is 0 Å². The summed E-state index contributed by atoms with van der Waals surface area (Å²) < 4.78 is 14.8. The summed E-state index contributed by atoms with van der Waals surface area (Å²) in [6.45, 7) is 1.99. The number of rotatable bonds is 5. The zero-order chi connectivity index (χ0) is 18.8. The highest BCUT2D eigenvalue weighted by Crippen LogP contribution is 2.20. The maximum absolute atomic E-state index is 13.1. The van der Waals surface area contributed by atoms with Gasteiger partial charge in [-0.15, -0.1) is 0 Å². The second-order valence-corrected chi connectivity index (χ2v) is 6.73. The van der Waals surface area contributed by atoms with Gasteiger partial charge in [0.2, 0.25) is 5.95 Å². The summed E-state index contributed by atoms with van der Waals surface area (Å²) in [5, 5.41) is 14.1. The molecule has 3 aromatic rings. The zero-order valence-corrected chi connectivity index (χ0v) is 15.0. The smallest absolute Gasteiger partial charge is 0.227 e. The summed E-state index contributed by atoms with van der Waals surface area (Å²) in [4.78, 5) is 13.0. The van der Waals surface area contributed by atoms with E-state index in [1.807, 2.05) is 24.2 Å². The van der Waals surface area contributed by atoms with E-state index in [-0.39, 0.29) is 11.9 Å². The van der Waals surface area contributed by atoms with Crippen LogP contribution < -0.4 is 9.80 Å². The third kappa shape index (κ3) is 3.90. The van der Waals surface area contributed by atoms with E-state index in [0.29, 0.717) is 19.0 Å². The van der Waals surface area contributed by atoms with E-state index >= 15 is 0 Å². The van der Waals surface area contributed by atoms with E-state index in [2.05, 4.69) is 20.0 Å². The molecule has 1 fully saturated rings. The number of benzene rings is 1. The summed E-state index contributed by atoms with van der Waals surface area (Å²) in [5.41, 5.74) is 1.79. The number of aliphatic hydroxyl groups excluding tert-OH is 1. The molecular weight excluding hydrogens is 347 g/mol. The van der Waals surface area contributed by atoms with E-state index in [1.54, 1.807) is 29.2 Å². The largest absolute Gasteiger partial charge is 0.391 e. The van der Waals surface area contributed by atoms with Crippen LogP contribution in [0.15, 0.2) is 48.9 Å². The first kappa shape index (κ1) is 17.4. The molecule has 140 valence electrons. The first-order chi connectivity index (χ1) is 13.1. The van der Waals surface area contributed by atoms with Crippen LogP contribution in [-0.4, -0.2) is 51.1 Å². The van der Waals surface area contributed by atoms with Gasteiger partial charge in [-0.05, 0) is 36.8 Å². The van der Waals surface area contributed by atoms with Crippen LogP contribution in [0, 0.1) is 5.82 Å². The van der Waals surface area contributed by atoms with Crippen molar-refractivity contribution in [1.82, 2.24) is 19.7 Å². The lowest BCUT2D eigenvalue weighted by atomic mass is 10.3. The van der Waals surface area contributed by atoms with Crippen molar-refractivity contribution in [3.05, 3.63) is 60.3 Å². The molecule has 27 heavy (non-hydrogen) atoms. The van der Waals surface area contributed by atoms with Crippen LogP contribution in [0.25, 0.3) is 5.69 Å². The second-order valence-electron chi connectivity index (χ2n) is 6.73. The molecule has 0 aliphatic carbocycles. The Morgan fingerprint density at radius 3 is 2.81 bits per heavy atom. The fourth-order valence-electron chi connectivity index (χ4n) is 3.17. The summed E-state index contributed by atoms with van der Waals surface area (Å²) in [6, 6.07) is 8.07. The van der Waals surface area contributed by atoms with Crippen molar-refractivity contribution >= 4 is 11.8 Å². The fourth-order valence-corrected chi connectivity index (χ4v) is 3.17. The van der Waals surface area contributed by atoms with Gasteiger partial charge >= 0.3 is 0 Å². The summed E-state index contributed by atoms with van der Waals surface area (Å²) in [6.07, 6.45) is 5.89. The molecule has 8 heteroatoms. The molecular formula is C19H21FN6O. The topological polar surface area (TPSA) is 70.3 Å². The van der Waals surface area contributed by atoms with Crippen LogP contribution in [-0.2, 0) is 6.54 Å². The Morgan fingerprint density at radius 2 is 2.07 bits per heavy atom. The lowest BCUT2D eigenvalue weighted by molar-refractivity contribution is 0.198. The van der Waals surface area contributed by atoms with E-state index in [4.69, 9.17) is 0 Å².